The summed E-state index contributed by atoms with van der Waals surface area (Å²) < 4.78 is 5.47. The highest BCUT2D eigenvalue weighted by atomic mass is 79.9. The van der Waals surface area contributed by atoms with Crippen molar-refractivity contribution in [1.82, 2.24) is 4.90 Å². The van der Waals surface area contributed by atoms with Crippen LogP contribution in [0.2, 0.25) is 0 Å². The third-order valence-corrected chi connectivity index (χ3v) is 3.93. The molecule has 0 aliphatic carbocycles. The lowest BCUT2D eigenvalue weighted by molar-refractivity contribution is 0.0696. The number of carboxylic acids is 1. The molecule has 1 N–H and O–H groups in total. The zero-order chi connectivity index (χ0) is 14.3. The van der Waals surface area contributed by atoms with Gasteiger partial charge in [0.1, 0.15) is 0 Å². The Bertz CT molecular complexity index is 707. The van der Waals surface area contributed by atoms with E-state index >= 15 is 0 Å². The summed E-state index contributed by atoms with van der Waals surface area (Å²) >= 11 is 3.19. The lowest BCUT2D eigenvalue weighted by atomic mass is 10.1. The minimum absolute atomic E-state index is 0.140. The standard InChI is InChI=1S/C14H10BrNO4/c15-12-11(3-4-20-12)13(17)16-6-9-2-1-8(14(18)19)5-10(9)7-16/h1-5H,6-7H2,(H,18,19). The van der Waals surface area contributed by atoms with Crippen molar-refractivity contribution in [3.8, 4) is 0 Å². The number of carbonyl (C=O) groups is 2. The van der Waals surface area contributed by atoms with Gasteiger partial charge in [-0.05, 0) is 45.3 Å². The Morgan fingerprint density at radius 3 is 2.60 bits per heavy atom. The number of rotatable bonds is 2. The van der Waals surface area contributed by atoms with E-state index in [1.54, 1.807) is 29.2 Å². The highest BCUT2D eigenvalue weighted by Crippen LogP contribution is 2.27. The molecule has 102 valence electrons. The van der Waals surface area contributed by atoms with Gasteiger partial charge in [-0.15, -0.1) is 0 Å². The van der Waals surface area contributed by atoms with E-state index in [4.69, 9.17) is 9.52 Å². The highest BCUT2D eigenvalue weighted by Gasteiger charge is 2.27. The van der Waals surface area contributed by atoms with Crippen molar-refractivity contribution >= 4 is 27.8 Å². The van der Waals surface area contributed by atoms with Crippen molar-refractivity contribution in [3.05, 3.63) is 57.5 Å². The van der Waals surface area contributed by atoms with Gasteiger partial charge in [0, 0.05) is 13.1 Å². The molecule has 1 aromatic carbocycles. The van der Waals surface area contributed by atoms with Crippen LogP contribution in [0.1, 0.15) is 31.8 Å². The van der Waals surface area contributed by atoms with E-state index in [-0.39, 0.29) is 11.5 Å². The lowest BCUT2D eigenvalue weighted by Crippen LogP contribution is -2.25. The summed E-state index contributed by atoms with van der Waals surface area (Å²) in [6, 6.07) is 6.55. The smallest absolute Gasteiger partial charge is 0.335 e. The molecule has 3 rings (SSSR count). The predicted molar refractivity (Wildman–Crippen MR) is 73.4 cm³/mol. The number of carboxylic acid groups (broad SMARTS) is 1. The van der Waals surface area contributed by atoms with Crippen molar-refractivity contribution < 1.29 is 19.1 Å². The van der Waals surface area contributed by atoms with Gasteiger partial charge < -0.3 is 14.4 Å². The zero-order valence-electron chi connectivity index (χ0n) is 10.3. The van der Waals surface area contributed by atoms with E-state index in [0.717, 1.165) is 11.1 Å². The Kier molecular flexibility index (Phi) is 3.10. The topological polar surface area (TPSA) is 70.8 Å². The van der Waals surface area contributed by atoms with Gasteiger partial charge in [-0.1, -0.05) is 6.07 Å². The first kappa shape index (κ1) is 12.9. The van der Waals surface area contributed by atoms with Gasteiger partial charge >= 0.3 is 5.97 Å². The number of benzene rings is 1. The molecule has 1 aliphatic heterocycles. The Hall–Kier alpha value is -2.08. The van der Waals surface area contributed by atoms with Gasteiger partial charge in [-0.3, -0.25) is 4.79 Å². The van der Waals surface area contributed by atoms with Gasteiger partial charge in [0.15, 0.2) is 4.67 Å². The number of halogens is 1. The maximum absolute atomic E-state index is 12.3. The summed E-state index contributed by atoms with van der Waals surface area (Å²) in [5.74, 6) is -1.10. The van der Waals surface area contributed by atoms with Crippen molar-refractivity contribution in [1.29, 1.82) is 0 Å². The number of hydrogen-bond acceptors (Lipinski definition) is 3. The average molecular weight is 336 g/mol. The third kappa shape index (κ3) is 2.12. The maximum atomic E-state index is 12.3. The molecule has 0 radical (unpaired) electrons. The second-order valence-electron chi connectivity index (χ2n) is 4.56. The van der Waals surface area contributed by atoms with Crippen LogP contribution in [0.15, 0.2) is 39.6 Å². The molecule has 0 atom stereocenters. The molecule has 0 bridgehead atoms. The number of nitrogens with zero attached hydrogens (tertiary/aromatic N) is 1. The molecule has 2 aromatic rings. The third-order valence-electron chi connectivity index (χ3n) is 3.31. The molecule has 1 aliphatic rings. The van der Waals surface area contributed by atoms with Crippen LogP contribution in [0.25, 0.3) is 0 Å². The SMILES string of the molecule is O=C(O)c1ccc2c(c1)CN(C(=O)c1ccoc1Br)C2. The van der Waals surface area contributed by atoms with Crippen LogP contribution in [-0.4, -0.2) is 21.9 Å². The van der Waals surface area contributed by atoms with Crippen molar-refractivity contribution in [2.24, 2.45) is 0 Å². The summed E-state index contributed by atoms with van der Waals surface area (Å²) in [4.78, 5) is 24.9. The first-order valence-electron chi connectivity index (χ1n) is 5.93. The summed E-state index contributed by atoms with van der Waals surface area (Å²) in [6.45, 7) is 0.887. The molecular formula is C14H10BrNO4. The molecule has 2 heterocycles. The number of furan rings is 1. The molecule has 0 saturated heterocycles. The van der Waals surface area contributed by atoms with E-state index in [0.29, 0.717) is 23.3 Å². The molecule has 1 amide bonds. The molecule has 0 unspecified atom stereocenters. The van der Waals surface area contributed by atoms with Crippen LogP contribution in [0.4, 0.5) is 0 Å². The van der Waals surface area contributed by atoms with Crippen molar-refractivity contribution in [3.63, 3.8) is 0 Å². The predicted octanol–water partition coefficient (Wildman–Crippen LogP) is 2.90. The van der Waals surface area contributed by atoms with Crippen molar-refractivity contribution in [2.75, 3.05) is 0 Å². The first-order chi connectivity index (χ1) is 9.56. The summed E-state index contributed by atoms with van der Waals surface area (Å²) in [5.41, 5.74) is 2.56. The van der Waals surface area contributed by atoms with Crippen LogP contribution < -0.4 is 0 Å². The fourth-order valence-electron chi connectivity index (χ4n) is 2.29. The van der Waals surface area contributed by atoms with Gasteiger partial charge in [0.05, 0.1) is 17.4 Å². The Balaban J connectivity index is 1.85. The van der Waals surface area contributed by atoms with Crippen molar-refractivity contribution in [2.45, 2.75) is 13.1 Å². The number of hydrogen-bond donors (Lipinski definition) is 1. The number of amides is 1. The monoisotopic (exact) mass is 335 g/mol. The minimum Gasteiger partial charge on any atom is -0.478 e. The second kappa shape index (κ2) is 4.79. The van der Waals surface area contributed by atoms with Crippen LogP contribution in [0.5, 0.6) is 0 Å². The fraction of sp³-hybridized carbons (Fsp3) is 0.143. The van der Waals surface area contributed by atoms with Crippen LogP contribution in [0, 0.1) is 0 Å². The normalized spacial score (nSPS) is 13.3. The van der Waals surface area contributed by atoms with Crippen LogP contribution in [0.3, 0.4) is 0 Å². The van der Waals surface area contributed by atoms with Gasteiger partial charge in [0.2, 0.25) is 0 Å². The Morgan fingerprint density at radius 2 is 1.95 bits per heavy atom. The molecule has 0 fully saturated rings. The number of aromatic carboxylic acids is 1. The summed E-state index contributed by atoms with van der Waals surface area (Å²) in [7, 11) is 0. The summed E-state index contributed by atoms with van der Waals surface area (Å²) in [5, 5.41) is 8.98. The summed E-state index contributed by atoms with van der Waals surface area (Å²) in [6.07, 6.45) is 1.45. The van der Waals surface area contributed by atoms with Gasteiger partial charge in [-0.2, -0.15) is 0 Å². The fourth-order valence-corrected chi connectivity index (χ4v) is 2.70. The van der Waals surface area contributed by atoms with E-state index in [2.05, 4.69) is 15.9 Å². The molecule has 5 nitrogen and oxygen atoms in total. The molecule has 0 spiro atoms. The van der Waals surface area contributed by atoms with E-state index in [9.17, 15) is 9.59 Å². The number of carbonyl (C=O) groups excluding carboxylic acids is 1. The first-order valence-corrected chi connectivity index (χ1v) is 6.73. The molecule has 0 saturated carbocycles. The molecule has 1 aromatic heterocycles. The van der Waals surface area contributed by atoms with Gasteiger partial charge in [-0.25, -0.2) is 4.79 Å². The quantitative estimate of drug-likeness (QED) is 0.915. The molecular weight excluding hydrogens is 326 g/mol. The Morgan fingerprint density at radius 1 is 1.20 bits per heavy atom. The van der Waals surface area contributed by atoms with E-state index < -0.39 is 5.97 Å². The average Bonchev–Trinajstić information content (AvgIpc) is 3.02. The van der Waals surface area contributed by atoms with Crippen LogP contribution >= 0.6 is 15.9 Å². The van der Waals surface area contributed by atoms with E-state index in [1.807, 2.05) is 0 Å². The van der Waals surface area contributed by atoms with Gasteiger partial charge in [0.25, 0.3) is 5.91 Å². The zero-order valence-corrected chi connectivity index (χ0v) is 11.9. The highest BCUT2D eigenvalue weighted by molar-refractivity contribution is 9.10. The lowest BCUT2D eigenvalue weighted by Gasteiger charge is -2.14. The maximum Gasteiger partial charge on any atom is 0.335 e. The van der Waals surface area contributed by atoms with E-state index in [1.165, 1.54) is 6.26 Å². The van der Waals surface area contributed by atoms with Crippen LogP contribution in [-0.2, 0) is 13.1 Å². The largest absolute Gasteiger partial charge is 0.478 e. The minimum atomic E-state index is -0.963. The number of fused-ring (bicyclic) bond motifs is 1. The molecule has 6 heteroatoms. The Labute approximate surface area is 122 Å². The molecule has 20 heavy (non-hydrogen) atoms. The second-order valence-corrected chi connectivity index (χ2v) is 5.28.